The van der Waals surface area contributed by atoms with Crippen molar-refractivity contribution in [2.75, 3.05) is 0 Å². The van der Waals surface area contributed by atoms with E-state index >= 15 is 0 Å². The summed E-state index contributed by atoms with van der Waals surface area (Å²) in [6.45, 7) is 3.82. The SMILES string of the molecule is CC(C)(CC(O)(Cc1ccccc1Cl)C(=O)O)c1cccc2ccoc12. The smallest absolute Gasteiger partial charge is 0.336 e. The third-order valence-corrected chi connectivity index (χ3v) is 5.15. The molecule has 136 valence electrons. The second-order valence-corrected chi connectivity index (χ2v) is 7.72. The van der Waals surface area contributed by atoms with Gasteiger partial charge in [0, 0.05) is 22.4 Å². The molecule has 0 radical (unpaired) electrons. The number of furan rings is 1. The molecule has 4 nitrogen and oxygen atoms in total. The lowest BCUT2D eigenvalue weighted by atomic mass is 9.73. The van der Waals surface area contributed by atoms with Gasteiger partial charge in [0.1, 0.15) is 5.58 Å². The molecule has 0 fully saturated rings. The van der Waals surface area contributed by atoms with E-state index in [1.165, 1.54) is 0 Å². The summed E-state index contributed by atoms with van der Waals surface area (Å²) in [5.74, 6) is -1.27. The summed E-state index contributed by atoms with van der Waals surface area (Å²) < 4.78 is 5.60. The molecule has 26 heavy (non-hydrogen) atoms. The van der Waals surface area contributed by atoms with E-state index in [4.69, 9.17) is 16.0 Å². The zero-order valence-corrected chi connectivity index (χ0v) is 15.5. The highest BCUT2D eigenvalue weighted by Crippen LogP contribution is 2.38. The number of rotatable bonds is 6. The van der Waals surface area contributed by atoms with Gasteiger partial charge in [-0.2, -0.15) is 0 Å². The Morgan fingerprint density at radius 2 is 1.85 bits per heavy atom. The lowest BCUT2D eigenvalue weighted by Crippen LogP contribution is -2.45. The van der Waals surface area contributed by atoms with Crippen molar-refractivity contribution in [2.24, 2.45) is 0 Å². The molecule has 3 rings (SSSR count). The summed E-state index contributed by atoms with van der Waals surface area (Å²) in [5, 5.41) is 22.1. The number of carboxylic acid groups (broad SMARTS) is 1. The van der Waals surface area contributed by atoms with Crippen molar-refractivity contribution in [3.8, 4) is 0 Å². The van der Waals surface area contributed by atoms with Gasteiger partial charge in [-0.1, -0.05) is 61.8 Å². The summed E-state index contributed by atoms with van der Waals surface area (Å²) in [6, 6.07) is 14.6. The maximum absolute atomic E-state index is 11.9. The number of benzene rings is 2. The van der Waals surface area contributed by atoms with E-state index in [1.807, 2.05) is 38.1 Å². The minimum Gasteiger partial charge on any atom is -0.479 e. The van der Waals surface area contributed by atoms with E-state index in [0.717, 1.165) is 10.9 Å². The zero-order valence-electron chi connectivity index (χ0n) is 14.7. The molecule has 0 aliphatic heterocycles. The number of aliphatic carboxylic acids is 1. The fraction of sp³-hybridized carbons (Fsp3) is 0.286. The summed E-state index contributed by atoms with van der Waals surface area (Å²) in [6.07, 6.45) is 1.55. The molecule has 0 amide bonds. The summed E-state index contributed by atoms with van der Waals surface area (Å²) in [7, 11) is 0. The van der Waals surface area contributed by atoms with Gasteiger partial charge in [-0.05, 0) is 29.5 Å². The third-order valence-electron chi connectivity index (χ3n) is 4.78. The largest absolute Gasteiger partial charge is 0.479 e. The van der Waals surface area contributed by atoms with Crippen molar-refractivity contribution in [2.45, 2.75) is 37.7 Å². The first-order valence-electron chi connectivity index (χ1n) is 8.39. The number of hydrogen-bond donors (Lipinski definition) is 2. The first-order valence-corrected chi connectivity index (χ1v) is 8.77. The molecule has 2 N–H and O–H groups in total. The summed E-state index contributed by atoms with van der Waals surface area (Å²) in [4.78, 5) is 11.9. The van der Waals surface area contributed by atoms with E-state index < -0.39 is 17.0 Å². The molecule has 1 aromatic heterocycles. The fourth-order valence-corrected chi connectivity index (χ4v) is 3.73. The Morgan fingerprint density at radius 1 is 1.12 bits per heavy atom. The van der Waals surface area contributed by atoms with Crippen LogP contribution in [0.3, 0.4) is 0 Å². The first-order chi connectivity index (χ1) is 12.2. The Balaban J connectivity index is 1.97. The predicted molar refractivity (Wildman–Crippen MR) is 102 cm³/mol. The zero-order chi connectivity index (χ0) is 18.9. The van der Waals surface area contributed by atoms with Gasteiger partial charge in [-0.15, -0.1) is 0 Å². The van der Waals surface area contributed by atoms with Crippen LogP contribution in [0.25, 0.3) is 11.0 Å². The minimum atomic E-state index is -1.96. The van der Waals surface area contributed by atoms with Gasteiger partial charge in [0.05, 0.1) is 6.26 Å². The molecule has 1 heterocycles. The summed E-state index contributed by atoms with van der Waals surface area (Å²) in [5.41, 5.74) is -0.414. The lowest BCUT2D eigenvalue weighted by Gasteiger charge is -2.34. The number of carboxylic acids is 1. The van der Waals surface area contributed by atoms with E-state index in [-0.39, 0.29) is 12.8 Å². The third kappa shape index (κ3) is 3.48. The van der Waals surface area contributed by atoms with Gasteiger partial charge in [0.2, 0.25) is 0 Å². The molecular weight excluding hydrogens is 352 g/mol. The fourth-order valence-electron chi connectivity index (χ4n) is 3.52. The van der Waals surface area contributed by atoms with Gasteiger partial charge in [-0.3, -0.25) is 0 Å². The molecule has 0 aliphatic carbocycles. The maximum atomic E-state index is 11.9. The highest BCUT2D eigenvalue weighted by molar-refractivity contribution is 6.31. The highest BCUT2D eigenvalue weighted by Gasteiger charge is 2.43. The van der Waals surface area contributed by atoms with Crippen LogP contribution in [0.4, 0.5) is 0 Å². The van der Waals surface area contributed by atoms with Crippen molar-refractivity contribution in [3.63, 3.8) is 0 Å². The second-order valence-electron chi connectivity index (χ2n) is 7.31. The first kappa shape index (κ1) is 18.5. The maximum Gasteiger partial charge on any atom is 0.336 e. The topological polar surface area (TPSA) is 70.7 Å². The van der Waals surface area contributed by atoms with Gasteiger partial charge in [-0.25, -0.2) is 4.79 Å². The lowest BCUT2D eigenvalue weighted by molar-refractivity contribution is -0.160. The summed E-state index contributed by atoms with van der Waals surface area (Å²) >= 11 is 6.17. The van der Waals surface area contributed by atoms with Crippen LogP contribution in [0.5, 0.6) is 0 Å². The molecule has 3 aromatic rings. The van der Waals surface area contributed by atoms with E-state index in [9.17, 15) is 15.0 Å². The molecule has 0 spiro atoms. The van der Waals surface area contributed by atoms with Crippen molar-refractivity contribution in [1.29, 1.82) is 0 Å². The van der Waals surface area contributed by atoms with Crippen LogP contribution in [0.15, 0.2) is 59.2 Å². The molecule has 0 aliphatic rings. The number of fused-ring (bicyclic) bond motifs is 1. The standard InChI is InChI=1S/C21H21ClO4/c1-20(2,16-8-5-7-14-10-11-26-18(14)16)13-21(25,19(23)24)12-15-6-3-4-9-17(15)22/h3-11,25H,12-13H2,1-2H3,(H,23,24). The molecule has 0 saturated carbocycles. The van der Waals surface area contributed by atoms with Gasteiger partial charge in [0.15, 0.2) is 5.60 Å². The molecule has 0 saturated heterocycles. The minimum absolute atomic E-state index is 0.0143. The Bertz CT molecular complexity index is 944. The van der Waals surface area contributed by atoms with Crippen LogP contribution in [0, 0.1) is 0 Å². The number of halogens is 1. The van der Waals surface area contributed by atoms with Crippen LogP contribution in [-0.4, -0.2) is 21.8 Å². The molecule has 1 atom stereocenters. The van der Waals surface area contributed by atoms with Crippen LogP contribution in [0.1, 0.15) is 31.4 Å². The monoisotopic (exact) mass is 372 g/mol. The molecule has 2 aromatic carbocycles. The quantitative estimate of drug-likeness (QED) is 0.651. The van der Waals surface area contributed by atoms with E-state index in [2.05, 4.69) is 0 Å². The number of aliphatic hydroxyl groups is 1. The number of carbonyl (C=O) groups is 1. The van der Waals surface area contributed by atoms with E-state index in [0.29, 0.717) is 16.2 Å². The van der Waals surface area contributed by atoms with Crippen LogP contribution in [-0.2, 0) is 16.6 Å². The second kappa shape index (κ2) is 6.78. The predicted octanol–water partition coefficient (Wildman–Crippen LogP) is 4.81. The van der Waals surface area contributed by atoms with Gasteiger partial charge >= 0.3 is 5.97 Å². The normalized spacial score (nSPS) is 14.3. The van der Waals surface area contributed by atoms with Crippen LogP contribution >= 0.6 is 11.6 Å². The Kier molecular flexibility index (Phi) is 4.82. The average molecular weight is 373 g/mol. The Labute approximate surface area is 157 Å². The number of hydrogen-bond acceptors (Lipinski definition) is 3. The number of para-hydroxylation sites is 1. The van der Waals surface area contributed by atoms with Crippen LogP contribution < -0.4 is 0 Å². The molecule has 1 unspecified atom stereocenters. The van der Waals surface area contributed by atoms with Crippen molar-refractivity contribution >= 4 is 28.5 Å². The van der Waals surface area contributed by atoms with Gasteiger partial charge < -0.3 is 14.6 Å². The van der Waals surface area contributed by atoms with Crippen LogP contribution in [0.2, 0.25) is 5.02 Å². The molecular formula is C21H21ClO4. The van der Waals surface area contributed by atoms with Crippen molar-refractivity contribution in [1.82, 2.24) is 0 Å². The van der Waals surface area contributed by atoms with Gasteiger partial charge in [0.25, 0.3) is 0 Å². The van der Waals surface area contributed by atoms with E-state index in [1.54, 1.807) is 30.5 Å². The highest BCUT2D eigenvalue weighted by atomic mass is 35.5. The Morgan fingerprint density at radius 3 is 2.54 bits per heavy atom. The molecule has 5 heteroatoms. The molecule has 0 bridgehead atoms. The van der Waals surface area contributed by atoms with Crippen molar-refractivity contribution < 1.29 is 19.4 Å². The average Bonchev–Trinajstić information content (AvgIpc) is 3.04. The van der Waals surface area contributed by atoms with Crippen molar-refractivity contribution in [3.05, 3.63) is 70.9 Å². The Hall–Kier alpha value is -2.30.